The molecule has 0 bridgehead atoms. The molecule has 1 fully saturated rings. The average Bonchev–Trinajstić information content (AvgIpc) is 3.28. The monoisotopic (exact) mass is 428 g/mol. The zero-order valence-electron chi connectivity index (χ0n) is 17.2. The number of carbonyl (C=O) groups excluding carboxylic acids is 1. The third kappa shape index (κ3) is 4.37. The molecular formula is C26H24N2O2S. The number of oxazole rings is 1. The van der Waals surface area contributed by atoms with Crippen molar-refractivity contribution in [3.05, 3.63) is 96.4 Å². The Bertz CT molecular complexity index is 1120. The number of amides is 1. The topological polar surface area (TPSA) is 46.3 Å². The maximum absolute atomic E-state index is 13.6. The number of para-hydroxylation sites is 2. The van der Waals surface area contributed by atoms with Gasteiger partial charge in [-0.3, -0.25) is 4.79 Å². The first-order valence-corrected chi connectivity index (χ1v) is 11.6. The van der Waals surface area contributed by atoms with Crippen LogP contribution in [0.2, 0.25) is 0 Å². The molecule has 0 spiro atoms. The van der Waals surface area contributed by atoms with Crippen LogP contribution in [0, 0.1) is 0 Å². The second kappa shape index (κ2) is 8.98. The lowest BCUT2D eigenvalue weighted by Crippen LogP contribution is -2.40. The van der Waals surface area contributed by atoms with E-state index in [2.05, 4.69) is 17.1 Å². The van der Waals surface area contributed by atoms with Crippen molar-refractivity contribution in [3.63, 3.8) is 0 Å². The summed E-state index contributed by atoms with van der Waals surface area (Å²) in [6.45, 7) is 1.45. The molecule has 1 amide bonds. The number of aromatic nitrogens is 1. The molecule has 1 saturated heterocycles. The van der Waals surface area contributed by atoms with Gasteiger partial charge in [0.1, 0.15) is 10.8 Å². The fraction of sp³-hybridized carbons (Fsp3) is 0.231. The number of hydrogen-bond donors (Lipinski definition) is 0. The summed E-state index contributed by atoms with van der Waals surface area (Å²) >= 11 is 1.62. The quantitative estimate of drug-likeness (QED) is 0.362. The number of hydrogen-bond acceptors (Lipinski definition) is 4. The Morgan fingerprint density at radius 2 is 1.55 bits per heavy atom. The van der Waals surface area contributed by atoms with E-state index in [1.165, 1.54) is 0 Å². The normalized spacial score (nSPS) is 15.8. The van der Waals surface area contributed by atoms with Crippen LogP contribution in [0.5, 0.6) is 0 Å². The van der Waals surface area contributed by atoms with Crippen molar-refractivity contribution >= 4 is 28.8 Å². The highest BCUT2D eigenvalue weighted by Gasteiger charge is 2.32. The second-order valence-electron chi connectivity index (χ2n) is 7.84. The van der Waals surface area contributed by atoms with Crippen LogP contribution in [0.15, 0.2) is 94.2 Å². The standard InChI is InChI=1S/C26H24N2O2S/c29-26(24(19-9-3-1-4-10-19)31-21-11-5-2-6-12-21)28-17-15-20(16-18-28)25-27-22-13-7-8-14-23(22)30-25/h1-14,20,24H,15-18H2/t24-/m0/s1. The van der Waals surface area contributed by atoms with E-state index in [1.807, 2.05) is 77.7 Å². The summed E-state index contributed by atoms with van der Waals surface area (Å²) in [6.07, 6.45) is 1.74. The molecule has 5 heteroatoms. The SMILES string of the molecule is O=C([C@@H](Sc1ccccc1)c1ccccc1)N1CCC(c2nc3ccccc3o2)CC1. The number of rotatable bonds is 5. The maximum Gasteiger partial charge on any atom is 0.240 e. The van der Waals surface area contributed by atoms with Gasteiger partial charge in [-0.05, 0) is 42.7 Å². The van der Waals surface area contributed by atoms with Crippen molar-refractivity contribution < 1.29 is 9.21 Å². The molecule has 4 aromatic rings. The Hall–Kier alpha value is -3.05. The third-order valence-electron chi connectivity index (χ3n) is 5.79. The van der Waals surface area contributed by atoms with Crippen LogP contribution >= 0.6 is 11.8 Å². The smallest absolute Gasteiger partial charge is 0.240 e. The number of thioether (sulfide) groups is 1. The van der Waals surface area contributed by atoms with Gasteiger partial charge in [0.2, 0.25) is 5.91 Å². The van der Waals surface area contributed by atoms with Crippen LogP contribution in [0.4, 0.5) is 0 Å². The summed E-state index contributed by atoms with van der Waals surface area (Å²) in [6, 6.07) is 28.1. The summed E-state index contributed by atoms with van der Waals surface area (Å²) in [5, 5.41) is -0.246. The Morgan fingerprint density at radius 3 is 2.26 bits per heavy atom. The van der Waals surface area contributed by atoms with Crippen LogP contribution in [-0.2, 0) is 4.79 Å². The molecule has 0 N–H and O–H groups in total. The van der Waals surface area contributed by atoms with E-state index in [-0.39, 0.29) is 17.1 Å². The van der Waals surface area contributed by atoms with Gasteiger partial charge >= 0.3 is 0 Å². The molecule has 3 aromatic carbocycles. The number of likely N-dealkylation sites (tertiary alicyclic amines) is 1. The first-order chi connectivity index (χ1) is 15.3. The Kier molecular flexibility index (Phi) is 5.76. The number of piperidine rings is 1. The van der Waals surface area contributed by atoms with Gasteiger partial charge in [0.25, 0.3) is 0 Å². The number of benzene rings is 3. The van der Waals surface area contributed by atoms with Gasteiger partial charge in [0.05, 0.1) is 0 Å². The minimum Gasteiger partial charge on any atom is -0.440 e. The first-order valence-electron chi connectivity index (χ1n) is 10.7. The summed E-state index contributed by atoms with van der Waals surface area (Å²) in [5.74, 6) is 1.23. The summed E-state index contributed by atoms with van der Waals surface area (Å²) in [4.78, 5) is 21.3. The Morgan fingerprint density at radius 1 is 0.903 bits per heavy atom. The van der Waals surface area contributed by atoms with Crippen molar-refractivity contribution in [1.82, 2.24) is 9.88 Å². The van der Waals surface area contributed by atoms with Crippen molar-refractivity contribution in [2.45, 2.75) is 28.9 Å². The van der Waals surface area contributed by atoms with E-state index < -0.39 is 0 Å². The second-order valence-corrected chi connectivity index (χ2v) is 9.02. The molecule has 0 aliphatic carbocycles. The summed E-state index contributed by atoms with van der Waals surface area (Å²) < 4.78 is 5.98. The fourth-order valence-corrected chi connectivity index (χ4v) is 5.23. The van der Waals surface area contributed by atoms with Gasteiger partial charge in [-0.1, -0.05) is 60.7 Å². The van der Waals surface area contributed by atoms with Gasteiger partial charge in [-0.2, -0.15) is 0 Å². The number of nitrogens with zero attached hydrogens (tertiary/aromatic N) is 2. The van der Waals surface area contributed by atoms with E-state index in [0.717, 1.165) is 53.4 Å². The average molecular weight is 429 g/mol. The lowest BCUT2D eigenvalue weighted by atomic mass is 9.96. The number of carbonyl (C=O) groups is 1. The van der Waals surface area contributed by atoms with E-state index in [4.69, 9.17) is 4.42 Å². The molecule has 0 unspecified atom stereocenters. The molecule has 31 heavy (non-hydrogen) atoms. The molecule has 1 aliphatic heterocycles. The lowest BCUT2D eigenvalue weighted by molar-refractivity contribution is -0.131. The van der Waals surface area contributed by atoms with Crippen LogP contribution in [0.1, 0.15) is 35.5 Å². The molecule has 0 saturated carbocycles. The van der Waals surface area contributed by atoms with E-state index in [1.54, 1.807) is 11.8 Å². The fourth-order valence-electron chi connectivity index (χ4n) is 4.10. The molecule has 156 valence electrons. The minimum absolute atomic E-state index is 0.177. The molecule has 1 aromatic heterocycles. The molecule has 1 atom stereocenters. The zero-order chi connectivity index (χ0) is 21.0. The van der Waals surface area contributed by atoms with Gasteiger partial charge in [-0.15, -0.1) is 11.8 Å². The maximum atomic E-state index is 13.6. The lowest BCUT2D eigenvalue weighted by Gasteiger charge is -2.33. The van der Waals surface area contributed by atoms with Crippen LogP contribution < -0.4 is 0 Å². The highest BCUT2D eigenvalue weighted by Crippen LogP contribution is 2.38. The molecule has 2 heterocycles. The minimum atomic E-state index is -0.246. The highest BCUT2D eigenvalue weighted by atomic mass is 32.2. The molecular weight excluding hydrogens is 404 g/mol. The van der Waals surface area contributed by atoms with E-state index in [0.29, 0.717) is 0 Å². The molecule has 1 aliphatic rings. The number of fused-ring (bicyclic) bond motifs is 1. The largest absolute Gasteiger partial charge is 0.440 e. The summed E-state index contributed by atoms with van der Waals surface area (Å²) in [5.41, 5.74) is 2.78. The van der Waals surface area contributed by atoms with Crippen molar-refractivity contribution in [2.75, 3.05) is 13.1 Å². The Balaban J connectivity index is 1.31. The van der Waals surface area contributed by atoms with E-state index >= 15 is 0 Å². The van der Waals surface area contributed by atoms with Gasteiger partial charge in [0, 0.05) is 23.9 Å². The zero-order valence-corrected chi connectivity index (χ0v) is 18.0. The summed E-state index contributed by atoms with van der Waals surface area (Å²) in [7, 11) is 0. The predicted octanol–water partition coefficient (Wildman–Crippen LogP) is 6.07. The molecule has 5 rings (SSSR count). The van der Waals surface area contributed by atoms with Crippen molar-refractivity contribution in [1.29, 1.82) is 0 Å². The van der Waals surface area contributed by atoms with Crippen LogP contribution in [0.3, 0.4) is 0 Å². The molecule has 4 nitrogen and oxygen atoms in total. The van der Waals surface area contributed by atoms with Crippen LogP contribution in [0.25, 0.3) is 11.1 Å². The van der Waals surface area contributed by atoms with Gasteiger partial charge < -0.3 is 9.32 Å². The Labute approximate surface area is 186 Å². The van der Waals surface area contributed by atoms with Crippen LogP contribution in [-0.4, -0.2) is 28.9 Å². The van der Waals surface area contributed by atoms with E-state index in [9.17, 15) is 4.79 Å². The van der Waals surface area contributed by atoms with Gasteiger partial charge in [0.15, 0.2) is 11.5 Å². The van der Waals surface area contributed by atoms with Gasteiger partial charge in [-0.25, -0.2) is 4.98 Å². The molecule has 0 radical (unpaired) electrons. The predicted molar refractivity (Wildman–Crippen MR) is 124 cm³/mol. The highest BCUT2D eigenvalue weighted by molar-refractivity contribution is 8.00. The van der Waals surface area contributed by atoms with Crippen molar-refractivity contribution in [2.24, 2.45) is 0 Å². The first kappa shape index (κ1) is 19.9. The third-order valence-corrected chi connectivity index (χ3v) is 7.04. The van der Waals surface area contributed by atoms with Crippen molar-refractivity contribution in [3.8, 4) is 0 Å².